The molecule has 0 aromatic carbocycles. The number of pyridine rings is 1. The van der Waals surface area contributed by atoms with Crippen molar-refractivity contribution >= 4 is 17.4 Å². The fraction of sp³-hybridized carbons (Fsp3) is 0.407. The Labute approximate surface area is 220 Å². The van der Waals surface area contributed by atoms with E-state index in [0.717, 1.165) is 36.5 Å². The second-order valence-corrected chi connectivity index (χ2v) is 11.1. The molecule has 2 aliphatic heterocycles. The number of nitrogens with zero attached hydrogens (tertiary/aromatic N) is 8. The number of piperidine rings is 2. The van der Waals surface area contributed by atoms with E-state index in [4.69, 9.17) is 14.7 Å². The number of aryl methyl sites for hydroxylation is 1. The molecular weight excluding hydrogens is 482 g/mol. The Kier molecular flexibility index (Phi) is 5.56. The van der Waals surface area contributed by atoms with Gasteiger partial charge in [0.05, 0.1) is 30.0 Å². The average molecular weight is 512 g/mol. The number of carbonyl (C=O) groups is 1. The van der Waals surface area contributed by atoms with Crippen LogP contribution in [0.25, 0.3) is 28.0 Å². The zero-order valence-electron chi connectivity index (χ0n) is 21.8. The first kappa shape index (κ1) is 23.9. The number of ether oxygens (including phenoxy) is 1. The van der Waals surface area contributed by atoms with Crippen molar-refractivity contribution < 1.29 is 9.53 Å². The highest BCUT2D eigenvalue weighted by Gasteiger charge is 2.48. The van der Waals surface area contributed by atoms with Crippen LogP contribution in [0.15, 0.2) is 43.1 Å². The number of alkyl carbamates (subject to hydrolysis) is 1. The molecule has 4 aromatic heterocycles. The van der Waals surface area contributed by atoms with Crippen molar-refractivity contribution in [3.8, 4) is 28.6 Å². The van der Waals surface area contributed by atoms with Crippen molar-refractivity contribution in [2.45, 2.75) is 38.8 Å². The van der Waals surface area contributed by atoms with Gasteiger partial charge < -0.3 is 15.0 Å². The third-order valence-corrected chi connectivity index (χ3v) is 7.18. The first-order chi connectivity index (χ1) is 18.2. The van der Waals surface area contributed by atoms with Crippen LogP contribution in [0.2, 0.25) is 0 Å². The first-order valence-corrected chi connectivity index (χ1v) is 12.7. The van der Waals surface area contributed by atoms with Crippen LogP contribution >= 0.6 is 0 Å². The summed E-state index contributed by atoms with van der Waals surface area (Å²) in [5, 5.41) is 21.4. The highest BCUT2D eigenvalue weighted by atomic mass is 16.6. The lowest BCUT2D eigenvalue weighted by atomic mass is 9.66. The summed E-state index contributed by atoms with van der Waals surface area (Å²) in [5.74, 6) is 1.61. The van der Waals surface area contributed by atoms with Crippen LogP contribution in [0.5, 0.6) is 0 Å². The van der Waals surface area contributed by atoms with Crippen molar-refractivity contribution in [1.82, 2.24) is 34.7 Å². The molecule has 1 saturated carbocycles. The number of amides is 1. The zero-order chi connectivity index (χ0) is 26.6. The predicted molar refractivity (Wildman–Crippen MR) is 140 cm³/mol. The highest BCUT2D eigenvalue weighted by Crippen LogP contribution is 2.41. The molecule has 1 amide bonds. The van der Waals surface area contributed by atoms with E-state index in [1.54, 1.807) is 34.0 Å². The van der Waals surface area contributed by atoms with E-state index in [1.165, 1.54) is 0 Å². The van der Waals surface area contributed by atoms with E-state index in [2.05, 4.69) is 26.5 Å². The summed E-state index contributed by atoms with van der Waals surface area (Å²) >= 11 is 0. The van der Waals surface area contributed by atoms with Crippen LogP contribution in [0, 0.1) is 23.2 Å². The maximum absolute atomic E-state index is 12.3. The molecule has 0 spiro atoms. The van der Waals surface area contributed by atoms with Gasteiger partial charge in [0.25, 0.3) is 0 Å². The molecule has 11 heteroatoms. The summed E-state index contributed by atoms with van der Waals surface area (Å²) in [6.45, 7) is 7.26. The topological polar surface area (TPSA) is 126 Å². The summed E-state index contributed by atoms with van der Waals surface area (Å²) in [4.78, 5) is 24.2. The van der Waals surface area contributed by atoms with E-state index < -0.39 is 5.60 Å². The summed E-state index contributed by atoms with van der Waals surface area (Å²) in [6, 6.07) is 6.34. The number of nitriles is 1. The third kappa shape index (κ3) is 4.32. The molecule has 11 nitrogen and oxygen atoms in total. The lowest BCUT2D eigenvalue weighted by molar-refractivity contribution is 0.0283. The summed E-state index contributed by atoms with van der Waals surface area (Å²) in [5.41, 5.74) is 3.59. The van der Waals surface area contributed by atoms with E-state index in [1.807, 2.05) is 46.1 Å². The smallest absolute Gasteiger partial charge is 0.407 e. The maximum atomic E-state index is 12.3. The standard InChI is InChI=1S/C27H29N9O2/c1-27(2,3)38-26(37)33-23-17-7-18(23)14-35(13-17)22-6-5-16(9-29-22)24-25-19(8-28)10-31-36(25)15-21(32-24)20-11-30-34(4)12-20/h5-6,9-12,15,17-18,23H,7,13-14H2,1-4H3,(H,33,37). The minimum Gasteiger partial charge on any atom is -0.444 e. The quantitative estimate of drug-likeness (QED) is 0.442. The molecular formula is C27H29N9O2. The van der Waals surface area contributed by atoms with Crippen molar-refractivity contribution in [1.29, 1.82) is 5.26 Å². The van der Waals surface area contributed by atoms with Gasteiger partial charge in [0.1, 0.15) is 28.6 Å². The monoisotopic (exact) mass is 511 g/mol. The van der Waals surface area contributed by atoms with E-state index >= 15 is 0 Å². The van der Waals surface area contributed by atoms with E-state index in [9.17, 15) is 10.1 Å². The Hall–Kier alpha value is -4.46. The lowest BCUT2D eigenvalue weighted by Gasteiger charge is -2.53. The molecule has 2 saturated heterocycles. The second-order valence-electron chi connectivity index (χ2n) is 11.1. The first-order valence-electron chi connectivity index (χ1n) is 12.7. The third-order valence-electron chi connectivity index (χ3n) is 7.18. The van der Waals surface area contributed by atoms with Crippen LogP contribution in [-0.4, -0.2) is 60.2 Å². The minimum atomic E-state index is -0.510. The molecule has 2 unspecified atom stereocenters. The van der Waals surface area contributed by atoms with E-state index in [0.29, 0.717) is 34.3 Å². The van der Waals surface area contributed by atoms with Crippen molar-refractivity contribution in [2.24, 2.45) is 18.9 Å². The van der Waals surface area contributed by atoms with Gasteiger partial charge in [-0.25, -0.2) is 19.3 Å². The van der Waals surface area contributed by atoms with Gasteiger partial charge in [-0.3, -0.25) is 4.68 Å². The Bertz CT molecular complexity index is 1550. The Morgan fingerprint density at radius 2 is 1.89 bits per heavy atom. The van der Waals surface area contributed by atoms with Gasteiger partial charge in [0.15, 0.2) is 0 Å². The van der Waals surface area contributed by atoms with Crippen LogP contribution in [0.1, 0.15) is 32.8 Å². The van der Waals surface area contributed by atoms with Crippen LogP contribution < -0.4 is 10.2 Å². The highest BCUT2D eigenvalue weighted by molar-refractivity contribution is 5.83. The predicted octanol–water partition coefficient (Wildman–Crippen LogP) is 3.41. The fourth-order valence-electron chi connectivity index (χ4n) is 5.46. The number of hydrogen-bond donors (Lipinski definition) is 1. The summed E-state index contributed by atoms with van der Waals surface area (Å²) in [7, 11) is 1.85. The average Bonchev–Trinajstić information content (AvgIpc) is 3.52. The zero-order valence-corrected chi connectivity index (χ0v) is 21.8. The molecule has 194 valence electrons. The molecule has 1 N–H and O–H groups in total. The van der Waals surface area contributed by atoms with Gasteiger partial charge in [0, 0.05) is 49.7 Å². The molecule has 2 bridgehead atoms. The Balaban J connectivity index is 1.23. The molecule has 38 heavy (non-hydrogen) atoms. The number of nitrogens with one attached hydrogen (secondary N) is 1. The normalized spacial score (nSPS) is 20.6. The van der Waals surface area contributed by atoms with Crippen molar-refractivity contribution in [3.05, 3.63) is 48.7 Å². The van der Waals surface area contributed by atoms with Gasteiger partial charge in [-0.05, 0) is 51.2 Å². The number of fused-ring (bicyclic) bond motifs is 3. The molecule has 0 radical (unpaired) electrons. The fourth-order valence-corrected chi connectivity index (χ4v) is 5.46. The summed E-state index contributed by atoms with van der Waals surface area (Å²) in [6.07, 6.45) is 9.54. The van der Waals surface area contributed by atoms with Crippen molar-refractivity contribution in [2.75, 3.05) is 18.0 Å². The Morgan fingerprint density at radius 3 is 2.53 bits per heavy atom. The maximum Gasteiger partial charge on any atom is 0.407 e. The molecule has 1 aliphatic carbocycles. The molecule has 2 atom stereocenters. The number of rotatable bonds is 4. The van der Waals surface area contributed by atoms with Gasteiger partial charge in [0.2, 0.25) is 0 Å². The van der Waals surface area contributed by atoms with Crippen LogP contribution in [-0.2, 0) is 11.8 Å². The number of hydrogen-bond acceptors (Lipinski definition) is 8. The van der Waals surface area contributed by atoms with Gasteiger partial charge >= 0.3 is 6.09 Å². The van der Waals surface area contributed by atoms with Crippen LogP contribution in [0.4, 0.5) is 10.6 Å². The minimum absolute atomic E-state index is 0.138. The van der Waals surface area contributed by atoms with Crippen LogP contribution in [0.3, 0.4) is 0 Å². The van der Waals surface area contributed by atoms with Gasteiger partial charge in [-0.2, -0.15) is 15.5 Å². The number of carbonyl (C=O) groups excluding carboxylic acids is 1. The van der Waals surface area contributed by atoms with Gasteiger partial charge in [-0.1, -0.05) is 0 Å². The molecule has 7 rings (SSSR count). The second kappa shape index (κ2) is 8.83. The SMILES string of the molecule is Cn1cc(-c2cn3ncc(C#N)c3c(-c3ccc(N4CC5CC(C4)C5NC(=O)OC(C)(C)C)nc3)n2)cn1. The Morgan fingerprint density at radius 1 is 1.11 bits per heavy atom. The largest absolute Gasteiger partial charge is 0.444 e. The van der Waals surface area contributed by atoms with Crippen molar-refractivity contribution in [3.63, 3.8) is 0 Å². The molecule has 3 fully saturated rings. The van der Waals surface area contributed by atoms with Gasteiger partial charge in [-0.15, -0.1) is 0 Å². The molecule has 3 aliphatic rings. The number of aromatic nitrogens is 6. The molecule has 4 aromatic rings. The molecule has 6 heterocycles. The van der Waals surface area contributed by atoms with E-state index in [-0.39, 0.29) is 12.1 Å². The number of anilines is 1. The summed E-state index contributed by atoms with van der Waals surface area (Å²) < 4.78 is 8.85. The lowest BCUT2D eigenvalue weighted by Crippen LogP contribution is -2.65.